The van der Waals surface area contributed by atoms with Crippen LogP contribution in [0.3, 0.4) is 0 Å². The minimum absolute atomic E-state index is 0.851. The Bertz CT molecular complexity index is 164. The monoisotopic (exact) mass is 214 g/mol. The van der Waals surface area contributed by atoms with E-state index < -0.39 is 0 Å². The lowest BCUT2D eigenvalue weighted by Crippen LogP contribution is -2.35. The summed E-state index contributed by atoms with van der Waals surface area (Å²) in [4.78, 5) is 5.05. The summed E-state index contributed by atoms with van der Waals surface area (Å²) in [6.07, 6.45) is 1.38. The maximum Gasteiger partial charge on any atom is 0.0589 e. The molecule has 1 fully saturated rings. The van der Waals surface area contributed by atoms with E-state index in [-0.39, 0.29) is 0 Å². The molecule has 0 saturated carbocycles. The highest BCUT2D eigenvalue weighted by atomic mass is 16.5. The summed E-state index contributed by atoms with van der Waals surface area (Å²) in [6, 6.07) is 0. The van der Waals surface area contributed by atoms with Gasteiger partial charge in [-0.15, -0.1) is 0 Å². The zero-order valence-electron chi connectivity index (χ0n) is 10.5. The molecule has 1 rings (SSSR count). The molecular formula is C12H26N2O. The van der Waals surface area contributed by atoms with Gasteiger partial charge in [0.05, 0.1) is 6.61 Å². The van der Waals surface area contributed by atoms with Gasteiger partial charge in [0, 0.05) is 33.3 Å². The van der Waals surface area contributed by atoms with Gasteiger partial charge < -0.3 is 14.5 Å². The van der Waals surface area contributed by atoms with Crippen LogP contribution < -0.4 is 0 Å². The zero-order valence-corrected chi connectivity index (χ0v) is 10.5. The number of hydrogen-bond acceptors (Lipinski definition) is 3. The van der Waals surface area contributed by atoms with Crippen LogP contribution in [0.1, 0.15) is 20.3 Å². The molecule has 1 aliphatic rings. The molecule has 3 nitrogen and oxygen atoms in total. The molecule has 90 valence electrons. The first-order chi connectivity index (χ1) is 7.26. The summed E-state index contributed by atoms with van der Waals surface area (Å²) in [5.41, 5.74) is 0. The Morgan fingerprint density at radius 3 is 2.73 bits per heavy atom. The number of rotatable bonds is 7. The molecule has 3 heteroatoms. The highest BCUT2D eigenvalue weighted by Gasteiger charge is 2.18. The highest BCUT2D eigenvalue weighted by Crippen LogP contribution is 2.14. The van der Waals surface area contributed by atoms with E-state index in [1.54, 1.807) is 7.11 Å². The Labute approximate surface area is 94.4 Å². The van der Waals surface area contributed by atoms with Crippen molar-refractivity contribution in [2.45, 2.75) is 20.3 Å². The van der Waals surface area contributed by atoms with Crippen LogP contribution in [0.4, 0.5) is 0 Å². The number of ether oxygens (including phenoxy) is 1. The van der Waals surface area contributed by atoms with Crippen LogP contribution in [0, 0.1) is 5.92 Å². The van der Waals surface area contributed by atoms with E-state index in [9.17, 15) is 0 Å². The summed E-state index contributed by atoms with van der Waals surface area (Å²) in [5.74, 6) is 0.902. The maximum absolute atomic E-state index is 5.11. The molecule has 0 aromatic carbocycles. The Hall–Kier alpha value is -0.120. The topological polar surface area (TPSA) is 15.7 Å². The quantitative estimate of drug-likeness (QED) is 0.635. The van der Waals surface area contributed by atoms with Gasteiger partial charge in [-0.05, 0) is 25.4 Å². The molecule has 0 unspecified atom stereocenters. The number of methoxy groups -OCH3 is 1. The van der Waals surface area contributed by atoms with Crippen molar-refractivity contribution in [2.24, 2.45) is 5.92 Å². The zero-order chi connectivity index (χ0) is 11.1. The molecule has 0 spiro atoms. The minimum atomic E-state index is 0.851. The molecular weight excluding hydrogens is 188 g/mol. The van der Waals surface area contributed by atoms with Crippen LogP contribution in [0.25, 0.3) is 0 Å². The van der Waals surface area contributed by atoms with Gasteiger partial charge in [0.1, 0.15) is 0 Å². The molecule has 1 aliphatic heterocycles. The molecule has 0 radical (unpaired) electrons. The summed E-state index contributed by atoms with van der Waals surface area (Å²) in [7, 11) is 1.77. The fourth-order valence-electron chi connectivity index (χ4n) is 2.16. The Morgan fingerprint density at radius 2 is 2.20 bits per heavy atom. The maximum atomic E-state index is 5.11. The van der Waals surface area contributed by atoms with Gasteiger partial charge in [0.15, 0.2) is 0 Å². The van der Waals surface area contributed by atoms with Gasteiger partial charge in [-0.25, -0.2) is 0 Å². The van der Waals surface area contributed by atoms with E-state index in [0.717, 1.165) is 25.6 Å². The number of nitrogens with zero attached hydrogens (tertiary/aromatic N) is 2. The third kappa shape index (κ3) is 4.96. The third-order valence-electron chi connectivity index (χ3n) is 3.30. The first-order valence-electron chi connectivity index (χ1n) is 6.20. The summed E-state index contributed by atoms with van der Waals surface area (Å²) >= 11 is 0. The minimum Gasteiger partial charge on any atom is -0.383 e. The van der Waals surface area contributed by atoms with Crippen LogP contribution in [0.5, 0.6) is 0 Å². The van der Waals surface area contributed by atoms with Gasteiger partial charge in [-0.1, -0.05) is 13.8 Å². The van der Waals surface area contributed by atoms with Crippen LogP contribution >= 0.6 is 0 Å². The van der Waals surface area contributed by atoms with E-state index in [4.69, 9.17) is 4.74 Å². The van der Waals surface area contributed by atoms with Crippen molar-refractivity contribution < 1.29 is 4.74 Å². The normalized spacial score (nSPS) is 22.8. The summed E-state index contributed by atoms with van der Waals surface area (Å²) in [6.45, 7) is 12.6. The van der Waals surface area contributed by atoms with Gasteiger partial charge in [0.25, 0.3) is 0 Å². The lowest BCUT2D eigenvalue weighted by molar-refractivity contribution is 0.142. The van der Waals surface area contributed by atoms with Crippen LogP contribution in [-0.2, 0) is 4.74 Å². The van der Waals surface area contributed by atoms with E-state index in [2.05, 4.69) is 23.6 Å². The van der Waals surface area contributed by atoms with Gasteiger partial charge in [-0.2, -0.15) is 0 Å². The molecule has 0 bridgehead atoms. The number of likely N-dealkylation sites (N-methyl/N-ethyl adjacent to an activating group) is 1. The smallest absolute Gasteiger partial charge is 0.0589 e. The molecule has 1 saturated heterocycles. The molecule has 1 heterocycles. The third-order valence-corrected chi connectivity index (χ3v) is 3.30. The fraction of sp³-hybridized carbons (Fsp3) is 1.00. The predicted octanol–water partition coefficient (Wildman–Crippen LogP) is 1.30. The van der Waals surface area contributed by atoms with Crippen molar-refractivity contribution in [1.82, 2.24) is 9.80 Å². The molecule has 15 heavy (non-hydrogen) atoms. The molecule has 0 aromatic rings. The average molecular weight is 214 g/mol. The largest absolute Gasteiger partial charge is 0.383 e. The Balaban J connectivity index is 2.10. The van der Waals surface area contributed by atoms with Crippen molar-refractivity contribution >= 4 is 0 Å². The van der Waals surface area contributed by atoms with Crippen LogP contribution in [-0.4, -0.2) is 62.8 Å². The first kappa shape index (κ1) is 12.9. The SMILES string of the molecule is CCN(CCOC)CCN1CC[C@@H](C)C1. The molecule has 1 atom stereocenters. The van der Waals surface area contributed by atoms with Crippen molar-refractivity contribution in [3.05, 3.63) is 0 Å². The van der Waals surface area contributed by atoms with E-state index >= 15 is 0 Å². The van der Waals surface area contributed by atoms with E-state index in [0.29, 0.717) is 0 Å². The second-order valence-electron chi connectivity index (χ2n) is 4.62. The number of likely N-dealkylation sites (tertiary alicyclic amines) is 1. The molecule has 0 aromatic heterocycles. The van der Waals surface area contributed by atoms with Gasteiger partial charge in [0.2, 0.25) is 0 Å². The summed E-state index contributed by atoms with van der Waals surface area (Å²) in [5, 5.41) is 0. The Morgan fingerprint density at radius 1 is 1.40 bits per heavy atom. The molecule has 0 amide bonds. The van der Waals surface area contributed by atoms with E-state index in [1.807, 2.05) is 0 Å². The van der Waals surface area contributed by atoms with Gasteiger partial charge in [-0.3, -0.25) is 0 Å². The summed E-state index contributed by atoms with van der Waals surface area (Å²) < 4.78 is 5.11. The van der Waals surface area contributed by atoms with Crippen molar-refractivity contribution in [3.63, 3.8) is 0 Å². The molecule has 0 aliphatic carbocycles. The number of hydrogen-bond donors (Lipinski definition) is 0. The highest BCUT2D eigenvalue weighted by molar-refractivity contribution is 4.73. The van der Waals surface area contributed by atoms with E-state index in [1.165, 1.54) is 32.6 Å². The van der Waals surface area contributed by atoms with Crippen molar-refractivity contribution in [1.29, 1.82) is 0 Å². The molecule has 0 N–H and O–H groups in total. The lowest BCUT2D eigenvalue weighted by atomic mass is 10.2. The van der Waals surface area contributed by atoms with Gasteiger partial charge >= 0.3 is 0 Å². The van der Waals surface area contributed by atoms with Crippen LogP contribution in [0.2, 0.25) is 0 Å². The Kier molecular flexibility index (Phi) is 6.22. The second kappa shape index (κ2) is 7.20. The van der Waals surface area contributed by atoms with Crippen molar-refractivity contribution in [2.75, 3.05) is 53.0 Å². The average Bonchev–Trinajstić information content (AvgIpc) is 2.65. The predicted molar refractivity (Wildman–Crippen MR) is 64.2 cm³/mol. The van der Waals surface area contributed by atoms with Crippen molar-refractivity contribution in [3.8, 4) is 0 Å². The first-order valence-corrected chi connectivity index (χ1v) is 6.20. The second-order valence-corrected chi connectivity index (χ2v) is 4.62. The lowest BCUT2D eigenvalue weighted by Gasteiger charge is -2.23. The van der Waals surface area contributed by atoms with Crippen LogP contribution in [0.15, 0.2) is 0 Å². The fourth-order valence-corrected chi connectivity index (χ4v) is 2.16. The standard InChI is InChI=1S/C12H26N2O/c1-4-13(9-10-15-3)7-8-14-6-5-12(2)11-14/h12H,4-11H2,1-3H3/t12-/m1/s1.